The summed E-state index contributed by atoms with van der Waals surface area (Å²) < 4.78 is 10.8. The minimum atomic E-state index is -0.439. The number of methoxy groups -OCH3 is 1. The number of hydrogen-bond donors (Lipinski definition) is 2. The largest absolute Gasteiger partial charge is 0.487 e. The second kappa shape index (κ2) is 12.4. The van der Waals surface area contributed by atoms with E-state index in [1.807, 2.05) is 31.2 Å². The Morgan fingerprint density at radius 3 is 2.60 bits per heavy atom. The Morgan fingerprint density at radius 1 is 1.12 bits per heavy atom. The molecule has 4 aliphatic rings. The Bertz CT molecular complexity index is 1260. The smallest absolute Gasteiger partial charge is 0.251 e. The van der Waals surface area contributed by atoms with Crippen LogP contribution in [0, 0.1) is 0 Å². The lowest BCUT2D eigenvalue weighted by atomic mass is 9.84. The van der Waals surface area contributed by atoms with Crippen LogP contribution in [0.25, 0.3) is 0 Å². The second-order valence-corrected chi connectivity index (χ2v) is 11.7. The maximum atomic E-state index is 13.4. The highest BCUT2D eigenvalue weighted by atomic mass is 16.5. The van der Waals surface area contributed by atoms with Gasteiger partial charge in [-0.2, -0.15) is 0 Å². The number of nitrogens with two attached hydrogens (primary N) is 1. The van der Waals surface area contributed by atoms with E-state index in [9.17, 15) is 9.59 Å². The molecule has 6 bridgehead atoms. The third kappa shape index (κ3) is 6.84. The molecule has 4 aliphatic heterocycles. The van der Waals surface area contributed by atoms with E-state index in [2.05, 4.69) is 43.0 Å². The van der Waals surface area contributed by atoms with E-state index in [1.165, 1.54) is 5.56 Å². The predicted molar refractivity (Wildman–Crippen MR) is 157 cm³/mol. The minimum absolute atomic E-state index is 0.00927. The lowest BCUT2D eigenvalue weighted by Crippen LogP contribution is -2.51. The Kier molecular flexibility index (Phi) is 9.19. The predicted octanol–water partition coefficient (Wildman–Crippen LogP) is 5.29. The van der Waals surface area contributed by atoms with Crippen molar-refractivity contribution >= 4 is 17.8 Å². The molecule has 0 spiro atoms. The molecule has 6 rings (SSSR count). The van der Waals surface area contributed by atoms with Crippen LogP contribution < -0.4 is 15.8 Å². The lowest BCUT2D eigenvalue weighted by molar-refractivity contribution is -0.130. The number of nitrogens with zero attached hydrogens (tertiary/aromatic N) is 2. The van der Waals surface area contributed by atoms with Gasteiger partial charge in [0.15, 0.2) is 5.96 Å². The van der Waals surface area contributed by atoms with Crippen molar-refractivity contribution in [2.75, 3.05) is 13.7 Å². The second-order valence-electron chi connectivity index (χ2n) is 11.7. The van der Waals surface area contributed by atoms with Crippen LogP contribution in [0.5, 0.6) is 5.75 Å². The van der Waals surface area contributed by atoms with Crippen LogP contribution in [-0.2, 0) is 22.5 Å². The van der Waals surface area contributed by atoms with Gasteiger partial charge in [-0.15, -0.1) is 0 Å². The van der Waals surface area contributed by atoms with Gasteiger partial charge in [-0.05, 0) is 75.8 Å². The number of carbonyl (C=O) groups is 2. The molecule has 0 aliphatic carbocycles. The summed E-state index contributed by atoms with van der Waals surface area (Å²) in [5.74, 6) is 0.953. The summed E-state index contributed by atoms with van der Waals surface area (Å²) in [4.78, 5) is 32.9. The van der Waals surface area contributed by atoms with Crippen molar-refractivity contribution in [1.29, 1.82) is 0 Å². The summed E-state index contributed by atoms with van der Waals surface area (Å²) in [5, 5.41) is 3.25. The van der Waals surface area contributed by atoms with Gasteiger partial charge in [0.1, 0.15) is 11.4 Å². The van der Waals surface area contributed by atoms with E-state index in [0.29, 0.717) is 24.9 Å². The summed E-state index contributed by atoms with van der Waals surface area (Å²) in [5.41, 5.74) is 9.17. The summed E-state index contributed by atoms with van der Waals surface area (Å²) in [7, 11) is 1.68. The first-order valence-corrected chi connectivity index (χ1v) is 14.4. The van der Waals surface area contributed by atoms with Crippen LogP contribution in [0.3, 0.4) is 0 Å². The topological polar surface area (TPSA) is 106 Å². The Morgan fingerprint density at radius 2 is 1.90 bits per heavy atom. The number of hydrogen-bond acceptors (Lipinski definition) is 6. The SMILES string of the molecule is CCC12CCCCc3ccc4c(c3)C(CC(C)(C)O4)NC(=O)c3cccc(c3)CN(C(=O)C1)C(N)=N2.CCOC. The zero-order valence-electron chi connectivity index (χ0n) is 24.6. The molecule has 0 fully saturated rings. The molecule has 0 radical (unpaired) electrons. The van der Waals surface area contributed by atoms with Crippen molar-refractivity contribution < 1.29 is 19.1 Å². The average molecular weight is 549 g/mol. The fourth-order valence-electron chi connectivity index (χ4n) is 5.75. The molecule has 2 aromatic rings. The van der Waals surface area contributed by atoms with E-state index in [1.54, 1.807) is 18.1 Å². The molecule has 0 aromatic heterocycles. The summed E-state index contributed by atoms with van der Waals surface area (Å²) in [6, 6.07) is 13.6. The highest BCUT2D eigenvalue weighted by Gasteiger charge is 2.38. The van der Waals surface area contributed by atoms with Crippen LogP contribution in [0.15, 0.2) is 47.5 Å². The number of nitrogens with one attached hydrogen (secondary N) is 1. The molecule has 8 heteroatoms. The van der Waals surface area contributed by atoms with Crippen LogP contribution in [0.2, 0.25) is 0 Å². The van der Waals surface area contributed by atoms with E-state index < -0.39 is 5.54 Å². The average Bonchev–Trinajstić information content (AvgIpc) is 2.92. The third-order valence-corrected chi connectivity index (χ3v) is 8.08. The highest BCUT2D eigenvalue weighted by Crippen LogP contribution is 2.40. The third-order valence-electron chi connectivity index (χ3n) is 8.08. The zero-order chi connectivity index (χ0) is 28.9. The highest BCUT2D eigenvalue weighted by molar-refractivity contribution is 5.99. The Labute approximate surface area is 238 Å². The number of rotatable bonds is 2. The van der Waals surface area contributed by atoms with E-state index in [-0.39, 0.29) is 29.4 Å². The van der Waals surface area contributed by atoms with Crippen molar-refractivity contribution in [3.63, 3.8) is 0 Å². The Hall–Kier alpha value is -3.39. The van der Waals surface area contributed by atoms with Crippen molar-refractivity contribution in [3.05, 3.63) is 64.7 Å². The number of carbonyl (C=O) groups excluding carboxylic acids is 2. The molecule has 2 amide bonds. The molecule has 0 saturated heterocycles. The molecule has 2 atom stereocenters. The lowest BCUT2D eigenvalue weighted by Gasteiger charge is -2.38. The van der Waals surface area contributed by atoms with Gasteiger partial charge in [-0.3, -0.25) is 14.5 Å². The van der Waals surface area contributed by atoms with Crippen LogP contribution in [0.4, 0.5) is 0 Å². The van der Waals surface area contributed by atoms with Crippen molar-refractivity contribution in [2.24, 2.45) is 10.7 Å². The quantitative estimate of drug-likeness (QED) is 0.530. The van der Waals surface area contributed by atoms with E-state index in [4.69, 9.17) is 15.5 Å². The van der Waals surface area contributed by atoms with Gasteiger partial charge < -0.3 is 20.5 Å². The van der Waals surface area contributed by atoms with Gasteiger partial charge >= 0.3 is 0 Å². The fourth-order valence-corrected chi connectivity index (χ4v) is 5.75. The standard InChI is InChI=1S/C29H36N4O3.C3H8O/c1-4-29-13-6-5-8-19-11-12-24-22(15-19)23(16-28(2,3)36-24)31-26(35)21-10-7-9-20(14-21)18-33(25(34)17-29)27(30)32-29;1-3-4-2/h7,9-12,14-15,23H,4-6,8,13,16-18H2,1-3H3,(H2,30,32)(H,31,35);3H2,1-2H3. The first-order chi connectivity index (χ1) is 19.1. The van der Waals surface area contributed by atoms with Crippen LogP contribution >= 0.6 is 0 Å². The Balaban J connectivity index is 0.000000867. The van der Waals surface area contributed by atoms with Crippen LogP contribution in [0.1, 0.15) is 99.3 Å². The normalized spacial score (nSPS) is 24.0. The molecule has 8 nitrogen and oxygen atoms in total. The molecule has 3 N–H and O–H groups in total. The molecule has 40 heavy (non-hydrogen) atoms. The molecule has 216 valence electrons. The molecular weight excluding hydrogens is 504 g/mol. The molecular formula is C32H44N4O4. The number of amides is 2. The van der Waals surface area contributed by atoms with Crippen molar-refractivity contribution in [3.8, 4) is 5.75 Å². The van der Waals surface area contributed by atoms with Gasteiger partial charge in [-0.1, -0.05) is 37.6 Å². The maximum absolute atomic E-state index is 13.4. The molecule has 0 saturated carbocycles. The van der Waals surface area contributed by atoms with Crippen molar-refractivity contribution in [2.45, 2.75) is 96.4 Å². The number of ether oxygens (including phenoxy) is 2. The van der Waals surface area contributed by atoms with Crippen molar-refractivity contribution in [1.82, 2.24) is 10.2 Å². The van der Waals surface area contributed by atoms with E-state index in [0.717, 1.165) is 55.6 Å². The molecule has 2 unspecified atom stereocenters. The summed E-state index contributed by atoms with van der Waals surface area (Å²) >= 11 is 0. The number of benzene rings is 2. The minimum Gasteiger partial charge on any atom is -0.487 e. The van der Waals surface area contributed by atoms with Gasteiger partial charge in [0.05, 0.1) is 24.5 Å². The summed E-state index contributed by atoms with van der Waals surface area (Å²) in [6.07, 6.45) is 5.51. The maximum Gasteiger partial charge on any atom is 0.251 e. The van der Waals surface area contributed by atoms with E-state index >= 15 is 0 Å². The van der Waals surface area contributed by atoms with Gasteiger partial charge in [-0.25, -0.2) is 4.99 Å². The fraction of sp³-hybridized carbons (Fsp3) is 0.531. The molecule has 4 heterocycles. The zero-order valence-corrected chi connectivity index (χ0v) is 24.6. The first-order valence-electron chi connectivity index (χ1n) is 14.4. The van der Waals surface area contributed by atoms with Gasteiger partial charge in [0.25, 0.3) is 5.91 Å². The van der Waals surface area contributed by atoms with Gasteiger partial charge in [0.2, 0.25) is 5.91 Å². The monoisotopic (exact) mass is 548 g/mol. The number of aryl methyl sites for hydroxylation is 1. The first kappa shape index (κ1) is 29.6. The number of guanidine groups is 1. The summed E-state index contributed by atoms with van der Waals surface area (Å²) in [6.45, 7) is 9.26. The number of fused-ring (bicyclic) bond motifs is 5. The van der Waals surface area contributed by atoms with Crippen LogP contribution in [-0.4, -0.2) is 47.5 Å². The molecule has 2 aromatic carbocycles. The van der Waals surface area contributed by atoms with Gasteiger partial charge in [0, 0.05) is 31.3 Å². The number of aliphatic imine (C=N–C) groups is 1.